The number of fused-ring (bicyclic) bond motifs is 1. The van der Waals surface area contributed by atoms with Crippen molar-refractivity contribution in [1.82, 2.24) is 25.1 Å². The third-order valence-corrected chi connectivity index (χ3v) is 5.32. The fourth-order valence-electron chi connectivity index (χ4n) is 3.61. The summed E-state index contributed by atoms with van der Waals surface area (Å²) >= 11 is 0. The average molecular weight is 455 g/mol. The van der Waals surface area contributed by atoms with Crippen LogP contribution in [0.2, 0.25) is 0 Å². The number of hydrogen-bond acceptors (Lipinski definition) is 7. The molecule has 0 saturated heterocycles. The number of anilines is 1. The van der Waals surface area contributed by atoms with Gasteiger partial charge in [-0.05, 0) is 63.9 Å². The normalized spacial score (nSPS) is 10.9. The number of nitrogens with zero attached hydrogens (tertiary/aromatic N) is 5. The third kappa shape index (κ3) is 6.34. The van der Waals surface area contributed by atoms with Crippen molar-refractivity contribution in [2.24, 2.45) is 0 Å². The summed E-state index contributed by atoms with van der Waals surface area (Å²) in [4.78, 5) is 14.6. The summed E-state index contributed by atoms with van der Waals surface area (Å²) in [6.45, 7) is 11.5. The van der Waals surface area contributed by atoms with Crippen molar-refractivity contribution in [3.8, 4) is 11.5 Å². The predicted octanol–water partition coefficient (Wildman–Crippen LogP) is 3.06. The van der Waals surface area contributed by atoms with Gasteiger partial charge in [0.25, 0.3) is 0 Å². The minimum Gasteiger partial charge on any atom is -0.490 e. The van der Waals surface area contributed by atoms with E-state index in [1.807, 2.05) is 44.2 Å². The van der Waals surface area contributed by atoms with Gasteiger partial charge in [-0.1, -0.05) is 6.07 Å². The molecule has 0 aliphatic carbocycles. The molecule has 0 saturated carbocycles. The zero-order valence-corrected chi connectivity index (χ0v) is 20.0. The molecule has 3 aromatic rings. The van der Waals surface area contributed by atoms with E-state index >= 15 is 0 Å². The van der Waals surface area contributed by atoms with Crippen molar-refractivity contribution in [3.63, 3.8) is 0 Å². The maximum Gasteiger partial charge on any atom is 0.220 e. The van der Waals surface area contributed by atoms with Crippen LogP contribution < -0.4 is 19.7 Å². The Kier molecular flexibility index (Phi) is 8.86. The van der Waals surface area contributed by atoms with Crippen LogP contribution in [0, 0.1) is 0 Å². The average Bonchev–Trinajstić information content (AvgIpc) is 3.23. The van der Waals surface area contributed by atoms with Crippen LogP contribution in [0.4, 0.5) is 5.82 Å². The van der Waals surface area contributed by atoms with Crippen LogP contribution >= 0.6 is 0 Å². The van der Waals surface area contributed by atoms with Gasteiger partial charge in [0.05, 0.1) is 13.2 Å². The molecule has 33 heavy (non-hydrogen) atoms. The lowest BCUT2D eigenvalue weighted by atomic mass is 10.1. The highest BCUT2D eigenvalue weighted by molar-refractivity contribution is 5.76. The van der Waals surface area contributed by atoms with Crippen LogP contribution in [0.1, 0.15) is 45.5 Å². The van der Waals surface area contributed by atoms with Crippen molar-refractivity contribution < 1.29 is 14.3 Å². The highest BCUT2D eigenvalue weighted by Gasteiger charge is 2.12. The van der Waals surface area contributed by atoms with Gasteiger partial charge in [0.1, 0.15) is 5.82 Å². The molecule has 2 heterocycles. The molecule has 9 heteroatoms. The molecule has 0 fully saturated rings. The van der Waals surface area contributed by atoms with Gasteiger partial charge < -0.3 is 19.7 Å². The lowest BCUT2D eigenvalue weighted by molar-refractivity contribution is -0.121. The van der Waals surface area contributed by atoms with Gasteiger partial charge in [0.2, 0.25) is 5.91 Å². The van der Waals surface area contributed by atoms with Crippen molar-refractivity contribution >= 4 is 17.4 Å². The smallest absolute Gasteiger partial charge is 0.220 e. The summed E-state index contributed by atoms with van der Waals surface area (Å²) in [7, 11) is 0. The monoisotopic (exact) mass is 454 g/mol. The first kappa shape index (κ1) is 24.3. The molecule has 0 aliphatic rings. The first-order chi connectivity index (χ1) is 16.1. The van der Waals surface area contributed by atoms with E-state index in [9.17, 15) is 4.79 Å². The Bertz CT molecular complexity index is 1050. The van der Waals surface area contributed by atoms with Crippen molar-refractivity contribution in [2.45, 2.75) is 47.0 Å². The molecule has 0 spiro atoms. The first-order valence-corrected chi connectivity index (χ1v) is 11.7. The lowest BCUT2D eigenvalue weighted by Crippen LogP contribution is -2.26. The van der Waals surface area contributed by atoms with Crippen LogP contribution in [0.3, 0.4) is 0 Å². The SMILES string of the molecule is CCOc1ccc(CCNC(=O)CCc2nnc3ccc(N(CC)CC)nn23)cc1OCC. The standard InChI is InChI=1S/C24H34N6O3/c1-5-29(6-2)23-12-11-21-26-27-22(30(21)28-23)13-14-24(31)25-16-15-18-9-10-19(32-7-3)20(17-18)33-8-4/h9-12,17H,5-8,13-16H2,1-4H3,(H,25,31). The second-order valence-electron chi connectivity index (χ2n) is 7.50. The topological polar surface area (TPSA) is 93.9 Å². The Labute approximate surface area is 195 Å². The van der Waals surface area contributed by atoms with E-state index in [4.69, 9.17) is 9.47 Å². The predicted molar refractivity (Wildman–Crippen MR) is 128 cm³/mol. The molecule has 1 amide bonds. The van der Waals surface area contributed by atoms with E-state index in [0.29, 0.717) is 50.5 Å². The number of carbonyl (C=O) groups is 1. The molecular formula is C24H34N6O3. The Hall–Kier alpha value is -3.36. The number of aromatic nitrogens is 4. The highest BCUT2D eigenvalue weighted by Crippen LogP contribution is 2.28. The molecule has 3 rings (SSSR count). The molecule has 1 aromatic carbocycles. The fourth-order valence-corrected chi connectivity index (χ4v) is 3.61. The van der Waals surface area contributed by atoms with E-state index in [2.05, 4.69) is 39.4 Å². The number of amides is 1. The molecular weight excluding hydrogens is 420 g/mol. The first-order valence-electron chi connectivity index (χ1n) is 11.7. The molecule has 0 aliphatic heterocycles. The van der Waals surface area contributed by atoms with Crippen LogP contribution in [0.15, 0.2) is 30.3 Å². The summed E-state index contributed by atoms with van der Waals surface area (Å²) in [5.41, 5.74) is 1.76. The van der Waals surface area contributed by atoms with Gasteiger partial charge in [-0.3, -0.25) is 4.79 Å². The molecule has 0 atom stereocenters. The Balaban J connectivity index is 1.53. The zero-order valence-electron chi connectivity index (χ0n) is 20.0. The van der Waals surface area contributed by atoms with Crippen molar-refractivity contribution in [1.29, 1.82) is 0 Å². The summed E-state index contributed by atoms with van der Waals surface area (Å²) in [5.74, 6) is 3.01. The molecule has 0 unspecified atom stereocenters. The van der Waals surface area contributed by atoms with Crippen molar-refractivity contribution in [3.05, 3.63) is 41.7 Å². The van der Waals surface area contributed by atoms with Gasteiger partial charge in [-0.25, -0.2) is 0 Å². The highest BCUT2D eigenvalue weighted by atomic mass is 16.5. The molecule has 178 valence electrons. The largest absolute Gasteiger partial charge is 0.490 e. The number of hydrogen-bond donors (Lipinski definition) is 1. The molecule has 9 nitrogen and oxygen atoms in total. The van der Waals surface area contributed by atoms with Crippen LogP contribution in [0.25, 0.3) is 5.65 Å². The van der Waals surface area contributed by atoms with Gasteiger partial charge in [0, 0.05) is 32.5 Å². The van der Waals surface area contributed by atoms with Crippen LogP contribution in [-0.4, -0.2) is 58.6 Å². The van der Waals surface area contributed by atoms with E-state index in [-0.39, 0.29) is 5.91 Å². The molecule has 0 bridgehead atoms. The number of carbonyl (C=O) groups excluding carboxylic acids is 1. The number of ether oxygens (including phenoxy) is 2. The number of aryl methyl sites for hydroxylation is 1. The minimum absolute atomic E-state index is 0.0254. The molecule has 0 radical (unpaired) electrons. The van der Waals surface area contributed by atoms with Gasteiger partial charge in [-0.15, -0.1) is 15.3 Å². The van der Waals surface area contributed by atoms with E-state index in [1.54, 1.807) is 4.52 Å². The number of nitrogens with one attached hydrogen (secondary N) is 1. The maximum absolute atomic E-state index is 12.4. The Morgan fingerprint density at radius 3 is 2.45 bits per heavy atom. The third-order valence-electron chi connectivity index (χ3n) is 5.32. The Morgan fingerprint density at radius 1 is 0.970 bits per heavy atom. The number of rotatable bonds is 13. The quantitative estimate of drug-likeness (QED) is 0.424. The maximum atomic E-state index is 12.4. The van der Waals surface area contributed by atoms with E-state index in [0.717, 1.165) is 36.0 Å². The second-order valence-corrected chi connectivity index (χ2v) is 7.50. The summed E-state index contributed by atoms with van der Waals surface area (Å²) < 4.78 is 13.0. The Morgan fingerprint density at radius 2 is 1.73 bits per heavy atom. The van der Waals surface area contributed by atoms with Crippen LogP contribution in [-0.2, 0) is 17.6 Å². The lowest BCUT2D eigenvalue weighted by Gasteiger charge is -2.19. The summed E-state index contributed by atoms with van der Waals surface area (Å²) in [6.07, 6.45) is 1.51. The summed E-state index contributed by atoms with van der Waals surface area (Å²) in [5, 5.41) is 16.0. The van der Waals surface area contributed by atoms with Crippen LogP contribution in [0.5, 0.6) is 11.5 Å². The van der Waals surface area contributed by atoms with E-state index in [1.165, 1.54) is 0 Å². The van der Waals surface area contributed by atoms with Gasteiger partial charge in [-0.2, -0.15) is 4.52 Å². The van der Waals surface area contributed by atoms with Crippen molar-refractivity contribution in [2.75, 3.05) is 37.7 Å². The zero-order chi connectivity index (χ0) is 23.6. The summed E-state index contributed by atoms with van der Waals surface area (Å²) in [6, 6.07) is 9.75. The fraction of sp³-hybridized carbons (Fsp3) is 0.500. The minimum atomic E-state index is -0.0254. The van der Waals surface area contributed by atoms with E-state index < -0.39 is 0 Å². The molecule has 1 N–H and O–H groups in total. The molecule has 2 aromatic heterocycles. The second kappa shape index (κ2) is 12.0. The van der Waals surface area contributed by atoms with Gasteiger partial charge in [0.15, 0.2) is 23.0 Å². The number of benzene rings is 1. The van der Waals surface area contributed by atoms with Gasteiger partial charge >= 0.3 is 0 Å².